The van der Waals surface area contributed by atoms with E-state index < -0.39 is 10.0 Å². The van der Waals surface area contributed by atoms with Crippen molar-refractivity contribution >= 4 is 15.9 Å². The van der Waals surface area contributed by atoms with E-state index >= 15 is 0 Å². The third-order valence-corrected chi connectivity index (χ3v) is 7.34. The zero-order valence-corrected chi connectivity index (χ0v) is 19.2. The third kappa shape index (κ3) is 5.37. The Hall–Kier alpha value is -2.58. The minimum atomic E-state index is -3.56. The first-order valence-corrected chi connectivity index (χ1v) is 11.8. The van der Waals surface area contributed by atoms with Gasteiger partial charge in [0, 0.05) is 25.2 Å². The molecule has 31 heavy (non-hydrogen) atoms. The molecule has 1 heterocycles. The zero-order chi connectivity index (χ0) is 22.6. The number of benzene rings is 2. The van der Waals surface area contributed by atoms with Crippen molar-refractivity contribution < 1.29 is 22.7 Å². The van der Waals surface area contributed by atoms with E-state index in [1.54, 1.807) is 42.8 Å². The van der Waals surface area contributed by atoms with Crippen LogP contribution in [0, 0.1) is 11.8 Å². The lowest BCUT2D eigenvalue weighted by Gasteiger charge is -2.34. The largest absolute Gasteiger partial charge is 0.493 e. The van der Waals surface area contributed by atoms with Gasteiger partial charge in [-0.1, -0.05) is 19.9 Å². The standard InChI is InChI=1S/C23H30N2O5S/c1-16-11-17(2)15-25(14-16)31(27,28)20-8-6-19(7-9-20)23(26)24-13-18-5-10-21(29-3)22(12-18)30-4/h5-10,12,16-17H,11,13-15H2,1-4H3,(H,24,26)/t16-,17-/m1/s1. The van der Waals surface area contributed by atoms with Gasteiger partial charge >= 0.3 is 0 Å². The third-order valence-electron chi connectivity index (χ3n) is 5.49. The monoisotopic (exact) mass is 446 g/mol. The molecule has 0 saturated carbocycles. The second-order valence-corrected chi connectivity index (χ2v) is 10.1. The normalized spacial score (nSPS) is 19.6. The quantitative estimate of drug-likeness (QED) is 0.705. The number of hydrogen-bond acceptors (Lipinski definition) is 5. The predicted octanol–water partition coefficient (Wildman–Crippen LogP) is 3.30. The summed E-state index contributed by atoms with van der Waals surface area (Å²) >= 11 is 0. The number of sulfonamides is 1. The Kier molecular flexibility index (Phi) is 7.23. The summed E-state index contributed by atoms with van der Waals surface area (Å²) < 4.78 is 38.0. The van der Waals surface area contributed by atoms with Crippen LogP contribution in [0.2, 0.25) is 0 Å². The van der Waals surface area contributed by atoms with Gasteiger partial charge in [-0.15, -0.1) is 0 Å². The molecular formula is C23H30N2O5S. The number of amides is 1. The number of ether oxygens (including phenoxy) is 2. The molecule has 1 fully saturated rings. The van der Waals surface area contributed by atoms with Gasteiger partial charge in [0.05, 0.1) is 19.1 Å². The number of methoxy groups -OCH3 is 2. The van der Waals surface area contributed by atoms with Crippen LogP contribution in [0.5, 0.6) is 11.5 Å². The molecule has 2 aromatic rings. The fraction of sp³-hybridized carbons (Fsp3) is 0.435. The maximum absolute atomic E-state index is 13.0. The lowest BCUT2D eigenvalue weighted by molar-refractivity contribution is 0.0950. The molecule has 1 amide bonds. The molecule has 1 saturated heterocycles. The van der Waals surface area contributed by atoms with E-state index in [9.17, 15) is 13.2 Å². The van der Waals surface area contributed by atoms with Crippen molar-refractivity contribution in [3.63, 3.8) is 0 Å². The van der Waals surface area contributed by atoms with E-state index in [1.807, 2.05) is 6.07 Å². The van der Waals surface area contributed by atoms with Crippen molar-refractivity contribution in [2.24, 2.45) is 11.8 Å². The number of piperidine rings is 1. The summed E-state index contributed by atoms with van der Waals surface area (Å²) in [5.74, 6) is 1.59. The first-order valence-electron chi connectivity index (χ1n) is 10.3. The smallest absolute Gasteiger partial charge is 0.251 e. The topological polar surface area (TPSA) is 84.9 Å². The lowest BCUT2D eigenvalue weighted by atomic mass is 9.94. The highest BCUT2D eigenvalue weighted by Crippen LogP contribution is 2.28. The van der Waals surface area contributed by atoms with Gasteiger partial charge in [-0.25, -0.2) is 8.42 Å². The molecule has 0 spiro atoms. The van der Waals surface area contributed by atoms with Crippen molar-refractivity contribution in [2.45, 2.75) is 31.7 Å². The number of nitrogens with one attached hydrogen (secondary N) is 1. The molecule has 2 aromatic carbocycles. The van der Waals surface area contributed by atoms with Gasteiger partial charge in [-0.2, -0.15) is 4.31 Å². The number of rotatable bonds is 7. The summed E-state index contributed by atoms with van der Waals surface area (Å²) in [6, 6.07) is 11.5. The van der Waals surface area contributed by atoms with Crippen LogP contribution in [0.4, 0.5) is 0 Å². The van der Waals surface area contributed by atoms with Gasteiger partial charge in [-0.05, 0) is 60.2 Å². The Bertz CT molecular complexity index is 1010. The average Bonchev–Trinajstić information content (AvgIpc) is 2.76. The second kappa shape index (κ2) is 9.70. The molecule has 1 aliphatic heterocycles. The van der Waals surface area contributed by atoms with Crippen LogP contribution < -0.4 is 14.8 Å². The lowest BCUT2D eigenvalue weighted by Crippen LogP contribution is -2.42. The van der Waals surface area contributed by atoms with E-state index in [2.05, 4.69) is 19.2 Å². The van der Waals surface area contributed by atoms with Crippen LogP contribution in [0.15, 0.2) is 47.4 Å². The van der Waals surface area contributed by atoms with E-state index in [-0.39, 0.29) is 10.8 Å². The van der Waals surface area contributed by atoms with Gasteiger partial charge in [0.1, 0.15) is 0 Å². The summed E-state index contributed by atoms with van der Waals surface area (Å²) in [6.45, 7) is 5.51. The Morgan fingerprint density at radius 3 is 2.19 bits per heavy atom. The SMILES string of the molecule is COc1ccc(CNC(=O)c2ccc(S(=O)(=O)N3C[C@H](C)C[C@@H](C)C3)cc2)cc1OC. The minimum absolute atomic E-state index is 0.213. The van der Waals surface area contributed by atoms with Gasteiger partial charge < -0.3 is 14.8 Å². The molecule has 0 bridgehead atoms. The van der Waals surface area contributed by atoms with Crippen LogP contribution in [0.25, 0.3) is 0 Å². The van der Waals surface area contributed by atoms with Crippen LogP contribution in [0.1, 0.15) is 36.2 Å². The number of hydrogen-bond donors (Lipinski definition) is 1. The zero-order valence-electron chi connectivity index (χ0n) is 18.4. The van der Waals surface area contributed by atoms with Gasteiger partial charge in [0.25, 0.3) is 5.91 Å². The van der Waals surface area contributed by atoms with Crippen LogP contribution >= 0.6 is 0 Å². The Balaban J connectivity index is 1.66. The predicted molar refractivity (Wildman–Crippen MR) is 119 cm³/mol. The van der Waals surface area contributed by atoms with E-state index in [4.69, 9.17) is 9.47 Å². The first kappa shape index (κ1) is 23.1. The minimum Gasteiger partial charge on any atom is -0.493 e. The second-order valence-electron chi connectivity index (χ2n) is 8.16. The van der Waals surface area contributed by atoms with E-state index in [1.165, 1.54) is 12.1 Å². The molecule has 8 heteroatoms. The number of carbonyl (C=O) groups excluding carboxylic acids is 1. The van der Waals surface area contributed by atoms with Crippen molar-refractivity contribution in [2.75, 3.05) is 27.3 Å². The molecule has 0 unspecified atom stereocenters. The Morgan fingerprint density at radius 2 is 1.61 bits per heavy atom. The summed E-state index contributed by atoms with van der Waals surface area (Å²) in [7, 11) is -0.442. The maximum atomic E-state index is 13.0. The summed E-state index contributed by atoms with van der Waals surface area (Å²) in [4.78, 5) is 12.7. The van der Waals surface area contributed by atoms with Crippen LogP contribution in [0.3, 0.4) is 0 Å². The molecule has 1 aliphatic rings. The first-order chi connectivity index (χ1) is 14.7. The summed E-state index contributed by atoms with van der Waals surface area (Å²) in [5, 5.41) is 2.84. The van der Waals surface area contributed by atoms with Gasteiger partial charge in [0.15, 0.2) is 11.5 Å². The van der Waals surface area contributed by atoms with Crippen molar-refractivity contribution in [1.29, 1.82) is 0 Å². The Labute approximate surface area is 184 Å². The molecule has 168 valence electrons. The van der Waals surface area contributed by atoms with E-state index in [0.717, 1.165) is 12.0 Å². The van der Waals surface area contributed by atoms with Gasteiger partial charge in [0.2, 0.25) is 10.0 Å². The highest BCUT2D eigenvalue weighted by atomic mass is 32.2. The molecule has 0 radical (unpaired) electrons. The van der Waals surface area contributed by atoms with Crippen LogP contribution in [-0.2, 0) is 16.6 Å². The number of nitrogens with zero attached hydrogens (tertiary/aromatic N) is 1. The number of carbonyl (C=O) groups is 1. The molecule has 3 rings (SSSR count). The molecule has 0 aromatic heterocycles. The summed E-state index contributed by atoms with van der Waals surface area (Å²) in [6.07, 6.45) is 1.03. The Morgan fingerprint density at radius 1 is 1.00 bits per heavy atom. The fourth-order valence-electron chi connectivity index (χ4n) is 4.00. The van der Waals surface area contributed by atoms with Crippen molar-refractivity contribution in [3.05, 3.63) is 53.6 Å². The van der Waals surface area contributed by atoms with Crippen LogP contribution in [-0.4, -0.2) is 45.9 Å². The fourth-order valence-corrected chi connectivity index (χ4v) is 5.68. The molecule has 7 nitrogen and oxygen atoms in total. The average molecular weight is 447 g/mol. The molecule has 0 aliphatic carbocycles. The van der Waals surface area contributed by atoms with E-state index in [0.29, 0.717) is 48.5 Å². The van der Waals surface area contributed by atoms with Gasteiger partial charge in [-0.3, -0.25) is 4.79 Å². The molecule has 1 N–H and O–H groups in total. The summed E-state index contributed by atoms with van der Waals surface area (Å²) in [5.41, 5.74) is 1.26. The maximum Gasteiger partial charge on any atom is 0.251 e. The highest BCUT2D eigenvalue weighted by Gasteiger charge is 2.31. The van der Waals surface area contributed by atoms with Crippen molar-refractivity contribution in [1.82, 2.24) is 9.62 Å². The van der Waals surface area contributed by atoms with Crippen molar-refractivity contribution in [3.8, 4) is 11.5 Å². The molecular weight excluding hydrogens is 416 g/mol. The highest BCUT2D eigenvalue weighted by molar-refractivity contribution is 7.89. The molecule has 2 atom stereocenters.